The van der Waals surface area contributed by atoms with Crippen LogP contribution in [-0.4, -0.2) is 71.7 Å². The number of alkyl carbamates (subject to hydrolysis) is 1. The molecular formula is C21H28FN3O5. The lowest BCUT2D eigenvalue weighted by atomic mass is 10.1. The number of piperazine rings is 1. The Bertz CT molecular complexity index is 825. The summed E-state index contributed by atoms with van der Waals surface area (Å²) < 4.78 is 23.5. The number of carbonyl (C=O) groups is 3. The second-order valence-electron chi connectivity index (χ2n) is 8.68. The summed E-state index contributed by atoms with van der Waals surface area (Å²) in [5.41, 5.74) is 0.0340. The summed E-state index contributed by atoms with van der Waals surface area (Å²) in [6, 6.07) is 4.86. The highest BCUT2D eigenvalue weighted by Crippen LogP contribution is 2.33. The molecule has 2 aliphatic rings. The van der Waals surface area contributed by atoms with Crippen LogP contribution >= 0.6 is 0 Å². The number of fused-ring (bicyclic) bond motifs is 2. The smallest absolute Gasteiger partial charge is 0.408 e. The molecule has 1 aromatic rings. The normalized spacial score (nSPS) is 22.2. The molecule has 0 radical (unpaired) electrons. The SMILES string of the molecule is COC(=O)[C@H](CN1C[C@H]2C[C@@H]1C(=O)N2Cc1cccc(F)c1)NC(=O)OC(C)(C)C. The van der Waals surface area contributed by atoms with E-state index in [2.05, 4.69) is 5.32 Å². The Balaban J connectivity index is 1.62. The van der Waals surface area contributed by atoms with Crippen molar-refractivity contribution in [3.8, 4) is 0 Å². The van der Waals surface area contributed by atoms with Gasteiger partial charge in [-0.15, -0.1) is 0 Å². The fourth-order valence-corrected chi connectivity index (χ4v) is 3.98. The zero-order chi connectivity index (χ0) is 22.1. The molecule has 0 aromatic heterocycles. The predicted molar refractivity (Wildman–Crippen MR) is 106 cm³/mol. The first-order valence-corrected chi connectivity index (χ1v) is 9.93. The number of likely N-dealkylation sites (tertiary alicyclic amines) is 2. The van der Waals surface area contributed by atoms with Gasteiger partial charge < -0.3 is 19.7 Å². The van der Waals surface area contributed by atoms with Gasteiger partial charge in [0.2, 0.25) is 5.91 Å². The monoisotopic (exact) mass is 421 g/mol. The Labute approximate surface area is 175 Å². The van der Waals surface area contributed by atoms with E-state index in [9.17, 15) is 18.8 Å². The van der Waals surface area contributed by atoms with Crippen LogP contribution < -0.4 is 5.32 Å². The third-order valence-electron chi connectivity index (χ3n) is 5.23. The molecule has 1 aromatic carbocycles. The van der Waals surface area contributed by atoms with Crippen LogP contribution in [0, 0.1) is 5.82 Å². The standard InChI is InChI=1S/C21H28FN3O5/c1-21(2,3)30-20(28)23-16(19(27)29-4)12-24-11-15-9-17(24)18(26)25(15)10-13-6-5-7-14(22)8-13/h5-8,15-17H,9-12H2,1-4H3,(H,23,28)/t15-,16+,17-/m1/s1. The maximum atomic E-state index is 13.4. The highest BCUT2D eigenvalue weighted by molar-refractivity contribution is 5.86. The van der Waals surface area contributed by atoms with Crippen LogP contribution in [0.15, 0.2) is 24.3 Å². The number of carbonyl (C=O) groups excluding carboxylic acids is 3. The molecule has 2 fully saturated rings. The molecule has 3 rings (SSSR count). The number of nitrogens with one attached hydrogen (secondary N) is 1. The van der Waals surface area contributed by atoms with Crippen molar-refractivity contribution in [1.82, 2.24) is 15.1 Å². The zero-order valence-electron chi connectivity index (χ0n) is 17.7. The molecule has 1 N–H and O–H groups in total. The number of nitrogens with zero attached hydrogens (tertiary/aromatic N) is 2. The van der Waals surface area contributed by atoms with E-state index < -0.39 is 23.7 Å². The third-order valence-corrected chi connectivity index (χ3v) is 5.23. The van der Waals surface area contributed by atoms with Crippen molar-refractivity contribution in [1.29, 1.82) is 0 Å². The first-order chi connectivity index (χ1) is 14.1. The summed E-state index contributed by atoms with van der Waals surface area (Å²) in [5, 5.41) is 2.54. The van der Waals surface area contributed by atoms with Gasteiger partial charge in [0, 0.05) is 25.7 Å². The lowest BCUT2D eigenvalue weighted by molar-refractivity contribution is -0.145. The van der Waals surface area contributed by atoms with Gasteiger partial charge in [0.25, 0.3) is 0 Å². The number of amides is 2. The minimum absolute atomic E-state index is 0.0226. The minimum Gasteiger partial charge on any atom is -0.467 e. The molecule has 164 valence electrons. The van der Waals surface area contributed by atoms with E-state index in [1.807, 2.05) is 4.90 Å². The van der Waals surface area contributed by atoms with E-state index in [4.69, 9.17) is 9.47 Å². The van der Waals surface area contributed by atoms with Crippen LogP contribution in [0.5, 0.6) is 0 Å². The number of benzene rings is 1. The Kier molecular flexibility index (Phi) is 6.30. The van der Waals surface area contributed by atoms with Crippen LogP contribution in [0.3, 0.4) is 0 Å². The van der Waals surface area contributed by atoms with Crippen LogP contribution in [0.1, 0.15) is 32.8 Å². The van der Waals surface area contributed by atoms with Crippen LogP contribution in [0.4, 0.5) is 9.18 Å². The molecule has 0 aliphatic carbocycles. The number of halogens is 1. The molecular weight excluding hydrogens is 393 g/mol. The molecule has 2 heterocycles. The average Bonchev–Trinajstić information content (AvgIpc) is 3.18. The van der Waals surface area contributed by atoms with Gasteiger partial charge in [-0.2, -0.15) is 0 Å². The van der Waals surface area contributed by atoms with E-state index in [1.54, 1.807) is 37.8 Å². The highest BCUT2D eigenvalue weighted by atomic mass is 19.1. The number of esters is 1. The van der Waals surface area contributed by atoms with Crippen molar-refractivity contribution in [3.05, 3.63) is 35.6 Å². The molecule has 3 atom stereocenters. The van der Waals surface area contributed by atoms with Gasteiger partial charge in [-0.25, -0.2) is 14.0 Å². The van der Waals surface area contributed by atoms with E-state index in [0.717, 1.165) is 5.56 Å². The summed E-state index contributed by atoms with van der Waals surface area (Å²) >= 11 is 0. The third kappa shape index (κ3) is 5.08. The molecule has 0 spiro atoms. The lowest BCUT2D eigenvalue weighted by Gasteiger charge is -2.35. The first-order valence-electron chi connectivity index (χ1n) is 9.93. The molecule has 2 bridgehead atoms. The number of hydrogen-bond acceptors (Lipinski definition) is 6. The van der Waals surface area contributed by atoms with E-state index in [-0.39, 0.29) is 30.4 Å². The minimum atomic E-state index is -0.950. The fourth-order valence-electron chi connectivity index (χ4n) is 3.98. The molecule has 2 aliphatic heterocycles. The second kappa shape index (κ2) is 8.59. The fraction of sp³-hybridized carbons (Fsp3) is 0.571. The molecule has 30 heavy (non-hydrogen) atoms. The Morgan fingerprint density at radius 3 is 2.67 bits per heavy atom. The molecule has 9 heteroatoms. The molecule has 2 amide bonds. The summed E-state index contributed by atoms with van der Waals surface area (Å²) in [5.74, 6) is -0.996. The van der Waals surface area contributed by atoms with Crippen LogP contribution in [-0.2, 0) is 25.6 Å². The van der Waals surface area contributed by atoms with Gasteiger partial charge in [-0.05, 0) is 44.9 Å². The summed E-state index contributed by atoms with van der Waals surface area (Å²) in [7, 11) is 1.24. The van der Waals surface area contributed by atoms with Gasteiger partial charge in [0.1, 0.15) is 17.5 Å². The van der Waals surface area contributed by atoms with Crippen molar-refractivity contribution in [2.24, 2.45) is 0 Å². The van der Waals surface area contributed by atoms with Gasteiger partial charge in [-0.1, -0.05) is 12.1 Å². The highest BCUT2D eigenvalue weighted by Gasteiger charge is 2.50. The molecule has 0 unspecified atom stereocenters. The van der Waals surface area contributed by atoms with Crippen molar-refractivity contribution in [3.63, 3.8) is 0 Å². The van der Waals surface area contributed by atoms with Crippen LogP contribution in [0.25, 0.3) is 0 Å². The molecule has 0 saturated carbocycles. The van der Waals surface area contributed by atoms with Crippen LogP contribution in [0.2, 0.25) is 0 Å². The van der Waals surface area contributed by atoms with E-state index in [0.29, 0.717) is 19.5 Å². The van der Waals surface area contributed by atoms with Gasteiger partial charge >= 0.3 is 12.1 Å². The number of rotatable bonds is 6. The van der Waals surface area contributed by atoms with E-state index in [1.165, 1.54) is 19.2 Å². The molecule has 8 nitrogen and oxygen atoms in total. The number of ether oxygens (including phenoxy) is 2. The number of hydrogen-bond donors (Lipinski definition) is 1. The largest absolute Gasteiger partial charge is 0.467 e. The quantitative estimate of drug-likeness (QED) is 0.703. The van der Waals surface area contributed by atoms with Crippen molar-refractivity contribution in [2.45, 2.75) is 57.5 Å². The maximum absolute atomic E-state index is 13.4. The summed E-state index contributed by atoms with van der Waals surface area (Å²) in [6.07, 6.45) is -0.0876. The zero-order valence-corrected chi connectivity index (χ0v) is 17.7. The second-order valence-corrected chi connectivity index (χ2v) is 8.68. The van der Waals surface area contributed by atoms with Crippen molar-refractivity contribution >= 4 is 18.0 Å². The predicted octanol–water partition coefficient (Wildman–Crippen LogP) is 1.68. The Morgan fingerprint density at radius 1 is 1.33 bits per heavy atom. The topological polar surface area (TPSA) is 88.2 Å². The average molecular weight is 421 g/mol. The summed E-state index contributed by atoms with van der Waals surface area (Å²) in [6.45, 7) is 6.24. The Morgan fingerprint density at radius 2 is 2.07 bits per heavy atom. The lowest BCUT2D eigenvalue weighted by Crippen LogP contribution is -2.56. The van der Waals surface area contributed by atoms with Gasteiger partial charge in [0.05, 0.1) is 13.2 Å². The van der Waals surface area contributed by atoms with E-state index >= 15 is 0 Å². The van der Waals surface area contributed by atoms with Gasteiger partial charge in [-0.3, -0.25) is 9.69 Å². The maximum Gasteiger partial charge on any atom is 0.408 e. The summed E-state index contributed by atoms with van der Waals surface area (Å²) in [4.78, 5) is 40.8. The Hall–Kier alpha value is -2.68. The first kappa shape index (κ1) is 22.0. The molecule has 2 saturated heterocycles. The van der Waals surface area contributed by atoms with Crippen molar-refractivity contribution < 1.29 is 28.2 Å². The number of methoxy groups -OCH3 is 1. The van der Waals surface area contributed by atoms with Gasteiger partial charge in [0.15, 0.2) is 0 Å². The van der Waals surface area contributed by atoms with Crippen molar-refractivity contribution in [2.75, 3.05) is 20.2 Å².